The van der Waals surface area contributed by atoms with Crippen molar-refractivity contribution in [1.29, 1.82) is 0 Å². The average molecular weight is 742 g/mol. The van der Waals surface area contributed by atoms with Gasteiger partial charge in [-0.1, -0.05) is 200 Å². The summed E-state index contributed by atoms with van der Waals surface area (Å²) in [5, 5.41) is 2.26. The molecule has 2 heterocycles. The van der Waals surface area contributed by atoms with Gasteiger partial charge in [0, 0.05) is 38.9 Å². The first-order valence-electron chi connectivity index (χ1n) is 19.3. The van der Waals surface area contributed by atoms with Crippen molar-refractivity contribution in [2.24, 2.45) is 0 Å². The number of aromatic nitrogens is 5. The first-order chi connectivity index (χ1) is 28.7. The van der Waals surface area contributed by atoms with E-state index in [1.807, 2.05) is 97.1 Å². The fraction of sp³-hybridized carbons (Fsp3) is 0. The molecule has 0 unspecified atom stereocenters. The van der Waals surface area contributed by atoms with Crippen molar-refractivity contribution in [3.8, 4) is 90.3 Å². The van der Waals surface area contributed by atoms with Gasteiger partial charge in [0.2, 0.25) is 0 Å². The molecule has 10 rings (SSSR count). The topological polar surface area (TPSA) is 64.5 Å². The van der Waals surface area contributed by atoms with Gasteiger partial charge in [0.1, 0.15) is 0 Å². The summed E-state index contributed by atoms with van der Waals surface area (Å²) in [6.45, 7) is 0. The Balaban J connectivity index is 1.11. The largest absolute Gasteiger partial charge is 0.228 e. The van der Waals surface area contributed by atoms with Crippen molar-refractivity contribution < 1.29 is 0 Å². The second-order valence-corrected chi connectivity index (χ2v) is 14.1. The van der Waals surface area contributed by atoms with Gasteiger partial charge in [0.15, 0.2) is 23.3 Å². The first-order valence-corrected chi connectivity index (χ1v) is 19.3. The van der Waals surface area contributed by atoms with E-state index in [4.69, 9.17) is 24.9 Å². The monoisotopic (exact) mass is 741 g/mol. The zero-order valence-corrected chi connectivity index (χ0v) is 31.4. The number of rotatable bonds is 8. The number of hydrogen-bond acceptors (Lipinski definition) is 5. The molecule has 0 spiro atoms. The van der Waals surface area contributed by atoms with Gasteiger partial charge < -0.3 is 0 Å². The highest BCUT2D eigenvalue weighted by molar-refractivity contribution is 6.03. The van der Waals surface area contributed by atoms with Crippen LogP contribution >= 0.6 is 0 Å². The molecular weight excluding hydrogens is 707 g/mol. The molecule has 5 heteroatoms. The van der Waals surface area contributed by atoms with Crippen LogP contribution in [0.15, 0.2) is 212 Å². The van der Waals surface area contributed by atoms with E-state index in [2.05, 4.69) is 115 Å². The quantitative estimate of drug-likeness (QED) is 0.155. The maximum absolute atomic E-state index is 5.16. The van der Waals surface area contributed by atoms with Crippen LogP contribution in [-0.2, 0) is 0 Å². The highest BCUT2D eigenvalue weighted by Gasteiger charge is 2.19. The third kappa shape index (κ3) is 6.82. The molecule has 2 aromatic heterocycles. The molecule has 0 aliphatic heterocycles. The van der Waals surface area contributed by atoms with Crippen molar-refractivity contribution in [2.45, 2.75) is 0 Å². The van der Waals surface area contributed by atoms with Crippen LogP contribution in [0.1, 0.15) is 0 Å². The molecule has 0 aliphatic carbocycles. The van der Waals surface area contributed by atoms with Gasteiger partial charge in [0.05, 0.1) is 11.4 Å². The molecule has 0 aliphatic rings. The summed E-state index contributed by atoms with van der Waals surface area (Å²) < 4.78 is 0. The van der Waals surface area contributed by atoms with Gasteiger partial charge in [0.25, 0.3) is 0 Å². The highest BCUT2D eigenvalue weighted by atomic mass is 15.0. The van der Waals surface area contributed by atoms with E-state index in [-0.39, 0.29) is 0 Å². The van der Waals surface area contributed by atoms with E-state index in [1.165, 1.54) is 0 Å². The summed E-state index contributed by atoms with van der Waals surface area (Å²) in [6, 6.07) is 72.8. The number of benzene rings is 8. The molecule has 0 saturated heterocycles. The summed E-state index contributed by atoms with van der Waals surface area (Å²) in [5.41, 5.74) is 11.8. The van der Waals surface area contributed by atoms with Gasteiger partial charge in [-0.25, -0.2) is 24.9 Å². The molecule has 0 bridgehead atoms. The van der Waals surface area contributed by atoms with Crippen LogP contribution in [-0.4, -0.2) is 24.9 Å². The zero-order chi connectivity index (χ0) is 38.7. The Morgan fingerprint density at radius 3 is 1.24 bits per heavy atom. The van der Waals surface area contributed by atoms with Gasteiger partial charge in [-0.3, -0.25) is 0 Å². The fourth-order valence-electron chi connectivity index (χ4n) is 7.53. The molecule has 0 fully saturated rings. The third-order valence-electron chi connectivity index (χ3n) is 10.4. The Morgan fingerprint density at radius 2 is 0.672 bits per heavy atom. The van der Waals surface area contributed by atoms with E-state index in [1.54, 1.807) is 0 Å². The van der Waals surface area contributed by atoms with Crippen molar-refractivity contribution in [1.82, 2.24) is 24.9 Å². The zero-order valence-electron chi connectivity index (χ0n) is 31.4. The molecule has 0 atom stereocenters. The average Bonchev–Trinajstić information content (AvgIpc) is 3.32. The summed E-state index contributed by atoms with van der Waals surface area (Å²) in [6.07, 6.45) is 0. The molecule has 272 valence electrons. The van der Waals surface area contributed by atoms with Gasteiger partial charge in [-0.2, -0.15) is 0 Å². The summed E-state index contributed by atoms with van der Waals surface area (Å²) in [7, 11) is 0. The summed E-state index contributed by atoms with van der Waals surface area (Å²) in [5.74, 6) is 2.55. The van der Waals surface area contributed by atoms with Gasteiger partial charge in [-0.05, 0) is 39.6 Å². The second-order valence-electron chi connectivity index (χ2n) is 14.1. The van der Waals surface area contributed by atoms with Crippen LogP contribution in [0, 0.1) is 0 Å². The van der Waals surface area contributed by atoms with Crippen LogP contribution in [0.4, 0.5) is 0 Å². The Labute approximate surface area is 337 Å². The first kappa shape index (κ1) is 34.6. The third-order valence-corrected chi connectivity index (χ3v) is 10.4. The van der Waals surface area contributed by atoms with Crippen LogP contribution in [0.5, 0.6) is 0 Å². The number of fused-ring (bicyclic) bond motifs is 1. The van der Waals surface area contributed by atoms with E-state index < -0.39 is 0 Å². The lowest BCUT2D eigenvalue weighted by atomic mass is 9.91. The van der Waals surface area contributed by atoms with Crippen molar-refractivity contribution in [2.75, 3.05) is 0 Å². The SMILES string of the molecule is c1ccc(-c2cc(-c3ccccc3)nc(-c3ccccc3-c3ccc(-c4c(-c5nc(-c6ccccc6)nc(-c6ccccc6)n5)ccc5ccccc45)cc3)n2)cc1. The smallest absolute Gasteiger partial charge is 0.164 e. The predicted molar refractivity (Wildman–Crippen MR) is 236 cm³/mol. The van der Waals surface area contributed by atoms with Gasteiger partial charge in [-0.15, -0.1) is 0 Å². The number of hydrogen-bond donors (Lipinski definition) is 0. The summed E-state index contributed by atoms with van der Waals surface area (Å²) in [4.78, 5) is 25.5. The molecule has 5 nitrogen and oxygen atoms in total. The minimum atomic E-state index is 0.618. The van der Waals surface area contributed by atoms with Crippen molar-refractivity contribution in [3.63, 3.8) is 0 Å². The van der Waals surface area contributed by atoms with E-state index >= 15 is 0 Å². The Kier molecular flexibility index (Phi) is 9.14. The molecule has 0 radical (unpaired) electrons. The molecule has 58 heavy (non-hydrogen) atoms. The molecule has 0 amide bonds. The Hall–Kier alpha value is -7.89. The minimum absolute atomic E-state index is 0.618. The minimum Gasteiger partial charge on any atom is -0.228 e. The lowest BCUT2D eigenvalue weighted by Crippen LogP contribution is -2.01. The summed E-state index contributed by atoms with van der Waals surface area (Å²) >= 11 is 0. The Morgan fingerprint density at radius 1 is 0.241 bits per heavy atom. The molecule has 10 aromatic rings. The molecular formula is C53H35N5. The Bertz CT molecular complexity index is 2910. The lowest BCUT2D eigenvalue weighted by molar-refractivity contribution is 1.07. The second kappa shape index (κ2) is 15.3. The normalized spacial score (nSPS) is 11.1. The van der Waals surface area contributed by atoms with Crippen molar-refractivity contribution >= 4 is 10.8 Å². The van der Waals surface area contributed by atoms with Crippen molar-refractivity contribution in [3.05, 3.63) is 212 Å². The fourth-order valence-corrected chi connectivity index (χ4v) is 7.53. The molecule has 8 aromatic carbocycles. The van der Waals surface area contributed by atoms with Crippen LogP contribution < -0.4 is 0 Å². The molecule has 0 N–H and O–H groups in total. The van der Waals surface area contributed by atoms with E-state index in [0.29, 0.717) is 23.3 Å². The van der Waals surface area contributed by atoms with Crippen LogP contribution in [0.2, 0.25) is 0 Å². The lowest BCUT2D eigenvalue weighted by Gasteiger charge is -2.16. The van der Waals surface area contributed by atoms with Gasteiger partial charge >= 0.3 is 0 Å². The maximum Gasteiger partial charge on any atom is 0.164 e. The highest BCUT2D eigenvalue weighted by Crippen LogP contribution is 2.40. The van der Waals surface area contributed by atoms with Crippen LogP contribution in [0.3, 0.4) is 0 Å². The van der Waals surface area contributed by atoms with Crippen LogP contribution in [0.25, 0.3) is 101 Å². The maximum atomic E-state index is 5.16. The van der Waals surface area contributed by atoms with E-state index in [0.717, 1.165) is 77.8 Å². The van der Waals surface area contributed by atoms with E-state index in [9.17, 15) is 0 Å². The standard InChI is InChI=1S/C53H35N5/c1-5-18-38(19-6-1)47-35-48(39-20-7-2-8-21-39)55-52(54-47)45-28-16-15-26-43(45)37-29-31-40(32-30-37)49-44-27-14-13-17-36(44)33-34-46(49)53-57-50(41-22-9-3-10-23-41)56-51(58-53)42-24-11-4-12-25-42/h1-35H. The number of nitrogens with zero attached hydrogens (tertiary/aromatic N) is 5. The molecule has 0 saturated carbocycles. The predicted octanol–water partition coefficient (Wildman–Crippen LogP) is 13.2.